The van der Waals surface area contributed by atoms with Crippen LogP contribution in [0.5, 0.6) is 51.7 Å². The number of halogens is 4. The lowest BCUT2D eigenvalue weighted by molar-refractivity contribution is -0.286. The molecule has 135 heavy (non-hydrogen) atoms. The molecule has 2 aliphatic rings. The first-order valence-electron chi connectivity index (χ1n) is 47.7. The highest BCUT2D eigenvalue weighted by atomic mass is 19.3. The normalized spacial score (nSPS) is 12.8. The molecule has 0 radical (unpaired) electrons. The van der Waals surface area contributed by atoms with Crippen molar-refractivity contribution in [3.8, 4) is 51.7 Å². The average molecular weight is 1900 g/mol. The molecule has 0 bridgehead atoms. The number of fused-ring (bicyclic) bond motifs is 2. The largest absolute Gasteiger partial charge is 0.586 e. The standard InChI is InChI=1S/C15H25NO2.C14H21NO2.C14H23NO2.C13H17F2NO2.C13H20FNO.C13H20FN.C12H19N.C9H19NO2.C7H17NO/c1-15(2,3)16(4)10-9-12-7-8-13(17-5)14(11-12)18-6;1-14(2,3)15-7-6-11-4-5-12-13(10-11)17-9-8-16-12;1-14(2,3)15-9-8-11-6-7-12(16-4)13(10-11)17-5;1-12(2,3)16-7-6-9-4-5-10-11(8-9)18-13(14,15)17-10;1-13(2,3)15-8-7-10-5-6-12(16-4)11(14)9-10;1-13(2,3)15(4)9-8-11-6-5-7-12(14)10-11;1-12(2,3)13-10-9-11-7-5-4-6-8-11;1-5-12-8(11)6-7-10-9(2,3)4;1-7(2,3)8-5-6-9-4/h7-8,11H,9-10H2,1-6H3;4-5,10,15H,6-9H2,1-3H3;6-7,10,15H,8-9H2,1-5H3;4-5,8,16H,6-7H2,1-3H3;5-6,9,15H,7-8H2,1-4H3;5-7,10H,8-9H2,1-4H3;4-8,13H,9-10H2,1-3H3;10H,5-7H2,1-4H3;8H,5-6H2,1-4H3. The summed E-state index contributed by atoms with van der Waals surface area (Å²) >= 11 is 0. The van der Waals surface area contributed by atoms with Crippen molar-refractivity contribution in [2.45, 2.75) is 301 Å². The zero-order valence-electron chi connectivity index (χ0n) is 90.0. The number of likely N-dealkylation sites (N-methyl/N-ethyl adjacent to an activating group) is 2. The van der Waals surface area contributed by atoms with Gasteiger partial charge in [-0.25, -0.2) is 8.78 Å². The second-order valence-corrected chi connectivity index (χ2v) is 42.6. The highest BCUT2D eigenvalue weighted by Gasteiger charge is 2.43. The van der Waals surface area contributed by atoms with Crippen molar-refractivity contribution in [1.82, 2.24) is 47.0 Å². The van der Waals surface area contributed by atoms with E-state index in [2.05, 4.69) is 318 Å². The van der Waals surface area contributed by atoms with E-state index in [9.17, 15) is 22.4 Å². The highest BCUT2D eigenvalue weighted by Crippen LogP contribution is 2.41. The first kappa shape index (κ1) is 125. The van der Waals surface area contributed by atoms with E-state index in [4.69, 9.17) is 42.6 Å². The summed E-state index contributed by atoms with van der Waals surface area (Å²) in [6, 6.07) is 45.7. The summed E-state index contributed by atoms with van der Waals surface area (Å²) in [6.45, 7) is 70.6. The molecule has 0 amide bonds. The summed E-state index contributed by atoms with van der Waals surface area (Å²) in [5.74, 6) is 4.82. The van der Waals surface area contributed by atoms with E-state index in [1.807, 2.05) is 43.3 Å². The lowest BCUT2D eigenvalue weighted by Gasteiger charge is -2.31. The Morgan fingerprint density at radius 2 is 0.674 bits per heavy atom. The highest BCUT2D eigenvalue weighted by molar-refractivity contribution is 5.69. The number of nitrogens with zero attached hydrogens (tertiary/aromatic N) is 2. The molecule has 21 nitrogen and oxygen atoms in total. The Morgan fingerprint density at radius 3 is 1.05 bits per heavy atom. The van der Waals surface area contributed by atoms with Gasteiger partial charge in [-0.15, -0.1) is 8.78 Å². The molecule has 7 aromatic rings. The summed E-state index contributed by atoms with van der Waals surface area (Å²) in [7, 11) is 14.1. The van der Waals surface area contributed by atoms with Crippen LogP contribution < -0.4 is 79.8 Å². The molecule has 0 aromatic heterocycles. The van der Waals surface area contributed by atoms with Crippen LogP contribution in [0.3, 0.4) is 0 Å². The lowest BCUT2D eigenvalue weighted by Crippen LogP contribution is -2.39. The summed E-state index contributed by atoms with van der Waals surface area (Å²) in [5.41, 5.74) is 9.57. The third kappa shape index (κ3) is 62.9. The molecule has 0 saturated carbocycles. The number of carbonyl (C=O) groups excluding carboxylic acids is 1. The van der Waals surface area contributed by atoms with Crippen LogP contribution >= 0.6 is 0 Å². The molecular formula is C110H181F4N9O12. The summed E-state index contributed by atoms with van der Waals surface area (Å²) in [6.07, 6.45) is 3.48. The molecule has 766 valence electrons. The molecule has 0 saturated heterocycles. The van der Waals surface area contributed by atoms with Crippen molar-refractivity contribution in [3.05, 3.63) is 196 Å². The van der Waals surface area contributed by atoms with Gasteiger partial charge in [-0.3, -0.25) is 4.79 Å². The monoisotopic (exact) mass is 1900 g/mol. The van der Waals surface area contributed by atoms with Crippen molar-refractivity contribution in [2.75, 3.05) is 142 Å². The molecule has 0 aliphatic carbocycles. The number of rotatable bonds is 33. The Labute approximate surface area is 814 Å². The van der Waals surface area contributed by atoms with Gasteiger partial charge < -0.3 is 99.1 Å². The van der Waals surface area contributed by atoms with E-state index in [0.717, 1.165) is 155 Å². The predicted octanol–water partition coefficient (Wildman–Crippen LogP) is 21.8. The van der Waals surface area contributed by atoms with Gasteiger partial charge in [0, 0.05) is 83.1 Å². The van der Waals surface area contributed by atoms with Gasteiger partial charge in [0.15, 0.2) is 57.6 Å². The van der Waals surface area contributed by atoms with Crippen LogP contribution in [0.1, 0.15) is 239 Å². The Morgan fingerprint density at radius 1 is 0.348 bits per heavy atom. The van der Waals surface area contributed by atoms with Crippen molar-refractivity contribution < 1.29 is 74.5 Å². The Bertz CT molecular complexity index is 4310. The Kier molecular flexibility index (Phi) is 57.0. The third-order valence-electron chi connectivity index (χ3n) is 20.3. The second kappa shape index (κ2) is 61.8. The zero-order valence-corrected chi connectivity index (χ0v) is 90.0. The van der Waals surface area contributed by atoms with Gasteiger partial charge in [-0.2, -0.15) is 0 Å². The van der Waals surface area contributed by atoms with Crippen molar-refractivity contribution in [3.63, 3.8) is 0 Å². The number of esters is 1. The van der Waals surface area contributed by atoms with Gasteiger partial charge in [0.1, 0.15) is 19.0 Å². The fourth-order valence-corrected chi connectivity index (χ4v) is 12.1. The molecule has 0 unspecified atom stereocenters. The van der Waals surface area contributed by atoms with E-state index in [1.54, 1.807) is 65.9 Å². The van der Waals surface area contributed by atoms with Gasteiger partial charge in [0.2, 0.25) is 0 Å². The molecule has 0 spiro atoms. The van der Waals surface area contributed by atoms with Crippen LogP contribution in [0.15, 0.2) is 146 Å². The number of hydrogen-bond donors (Lipinski definition) is 7. The second-order valence-electron chi connectivity index (χ2n) is 42.6. The van der Waals surface area contributed by atoms with Gasteiger partial charge in [0.25, 0.3) is 0 Å². The maximum absolute atomic E-state index is 13.4. The summed E-state index contributed by atoms with van der Waals surface area (Å²) < 4.78 is 107. The van der Waals surface area contributed by atoms with Gasteiger partial charge >= 0.3 is 12.3 Å². The molecule has 7 aromatic carbocycles. The maximum Gasteiger partial charge on any atom is 0.586 e. The first-order chi connectivity index (χ1) is 62.5. The average Bonchev–Trinajstić information content (AvgIpc) is 1.67. The number of nitrogens with one attached hydrogen (secondary N) is 7. The fourth-order valence-electron chi connectivity index (χ4n) is 12.1. The predicted molar refractivity (Wildman–Crippen MR) is 553 cm³/mol. The summed E-state index contributed by atoms with van der Waals surface area (Å²) in [5, 5.41) is 23.6. The van der Waals surface area contributed by atoms with Gasteiger partial charge in [-0.1, -0.05) is 72.8 Å². The minimum absolute atomic E-state index is 0.0450. The molecule has 9 rings (SSSR count). The fraction of sp³-hybridized carbons (Fsp3) is 0.609. The van der Waals surface area contributed by atoms with Crippen LogP contribution in [-0.4, -0.2) is 214 Å². The molecule has 25 heteroatoms. The molecule has 2 heterocycles. The number of hydrogen-bond acceptors (Lipinski definition) is 21. The Hall–Kier alpha value is -8.47. The topological polar surface area (TPSA) is 209 Å². The number of ether oxygens (including phenoxy) is 11. The number of methoxy groups -OCH3 is 6. The van der Waals surface area contributed by atoms with E-state index >= 15 is 0 Å². The van der Waals surface area contributed by atoms with E-state index in [-0.39, 0.29) is 79.0 Å². The van der Waals surface area contributed by atoms with E-state index < -0.39 is 6.29 Å². The molecule has 0 fully saturated rings. The van der Waals surface area contributed by atoms with Crippen molar-refractivity contribution in [1.29, 1.82) is 0 Å². The van der Waals surface area contributed by atoms with Crippen LogP contribution in [0.4, 0.5) is 17.6 Å². The van der Waals surface area contributed by atoms with Crippen molar-refractivity contribution in [2.24, 2.45) is 0 Å². The molecule has 2 aliphatic heterocycles. The van der Waals surface area contributed by atoms with E-state index in [0.29, 0.717) is 38.5 Å². The van der Waals surface area contributed by atoms with Crippen LogP contribution in [-0.2, 0) is 59.2 Å². The SMILES string of the molecule is CC(C)(C)NCCc1ccc2c(c1)OC(F)(F)O2.CC(C)(C)NCCc1ccc2c(c1)OCCO2.CC(C)(C)NCCc1ccccc1.CCOC(=O)CCNC(C)(C)C.CN(CCc1cccc(F)c1)C(C)(C)C.COCCNC(C)(C)C.COc1ccc(CCN(C)C(C)(C)C)cc1OC.COc1ccc(CCNC(C)(C)C)cc1F.COc1ccc(CCNC(C)(C)C)cc1OC. The quantitative estimate of drug-likeness (QED) is 0.0116. The van der Waals surface area contributed by atoms with Crippen LogP contribution in [0.2, 0.25) is 0 Å². The minimum Gasteiger partial charge on any atom is -0.494 e. The maximum atomic E-state index is 13.4. The van der Waals surface area contributed by atoms with Gasteiger partial charge in [-0.05, 0) is 397 Å². The van der Waals surface area contributed by atoms with Crippen LogP contribution in [0, 0.1) is 11.6 Å². The number of benzene rings is 7. The lowest BCUT2D eigenvalue weighted by atomic mass is 10.1. The van der Waals surface area contributed by atoms with E-state index in [1.165, 1.54) is 47.6 Å². The molecule has 7 N–H and O–H groups in total. The zero-order chi connectivity index (χ0) is 103. The third-order valence-corrected chi connectivity index (χ3v) is 20.3. The molecular weight excluding hydrogens is 1720 g/mol. The minimum atomic E-state index is -3.54. The molecule has 0 atom stereocenters. The van der Waals surface area contributed by atoms with Crippen molar-refractivity contribution >= 4 is 5.97 Å². The Balaban J connectivity index is 0.000000764. The van der Waals surface area contributed by atoms with Gasteiger partial charge in [0.05, 0.1) is 55.2 Å². The smallest absolute Gasteiger partial charge is 0.494 e. The summed E-state index contributed by atoms with van der Waals surface area (Å²) in [4.78, 5) is 15.5. The number of alkyl halides is 2. The number of carbonyl (C=O) groups is 1. The first-order valence-corrected chi connectivity index (χ1v) is 47.7. The van der Waals surface area contributed by atoms with Crippen LogP contribution in [0.25, 0.3) is 0 Å².